The Morgan fingerprint density at radius 3 is 3.11 bits per heavy atom. The predicted molar refractivity (Wildman–Crippen MR) is 74.1 cm³/mol. The standard InChI is InChI=1S/C13H21N3OS/c1-9(14)12-8-15-13(18-12)16-6-7-17-11-5-3-2-4-10(11)16/h8-11H,2-7,14H2,1H3. The number of hydrogen-bond donors (Lipinski definition) is 1. The normalized spacial score (nSPS) is 30.0. The number of anilines is 1. The molecule has 2 N–H and O–H groups in total. The Morgan fingerprint density at radius 1 is 1.50 bits per heavy atom. The largest absolute Gasteiger partial charge is 0.374 e. The van der Waals surface area contributed by atoms with Crippen LogP contribution in [0.15, 0.2) is 6.20 Å². The van der Waals surface area contributed by atoms with E-state index in [0.29, 0.717) is 12.1 Å². The first-order valence-corrected chi connectivity index (χ1v) is 7.67. The van der Waals surface area contributed by atoms with Crippen LogP contribution in [0.25, 0.3) is 0 Å². The maximum absolute atomic E-state index is 5.92. The van der Waals surface area contributed by atoms with E-state index in [9.17, 15) is 0 Å². The lowest BCUT2D eigenvalue weighted by Gasteiger charge is -2.43. The second-order valence-corrected chi connectivity index (χ2v) is 6.33. The van der Waals surface area contributed by atoms with Crippen LogP contribution >= 0.6 is 11.3 Å². The number of fused-ring (bicyclic) bond motifs is 1. The summed E-state index contributed by atoms with van der Waals surface area (Å²) in [5, 5.41) is 1.13. The smallest absolute Gasteiger partial charge is 0.185 e. The van der Waals surface area contributed by atoms with Gasteiger partial charge in [0.05, 0.1) is 18.8 Å². The van der Waals surface area contributed by atoms with Crippen LogP contribution < -0.4 is 10.6 Å². The van der Waals surface area contributed by atoms with E-state index in [4.69, 9.17) is 10.5 Å². The minimum atomic E-state index is 0.0828. The van der Waals surface area contributed by atoms with E-state index in [1.54, 1.807) is 11.3 Å². The minimum absolute atomic E-state index is 0.0828. The molecule has 0 aromatic carbocycles. The molecule has 4 nitrogen and oxygen atoms in total. The second kappa shape index (κ2) is 5.15. The molecule has 100 valence electrons. The highest BCUT2D eigenvalue weighted by Gasteiger charge is 2.35. The maximum atomic E-state index is 5.92. The number of ether oxygens (including phenoxy) is 1. The molecule has 1 aromatic heterocycles. The Labute approximate surface area is 112 Å². The van der Waals surface area contributed by atoms with Gasteiger partial charge in [0.25, 0.3) is 0 Å². The molecule has 2 heterocycles. The van der Waals surface area contributed by atoms with Crippen molar-refractivity contribution in [2.45, 2.75) is 50.8 Å². The molecule has 1 saturated carbocycles. The van der Waals surface area contributed by atoms with E-state index in [2.05, 4.69) is 9.88 Å². The zero-order valence-electron chi connectivity index (χ0n) is 10.8. The lowest BCUT2D eigenvalue weighted by molar-refractivity contribution is -0.00868. The predicted octanol–water partition coefficient (Wildman–Crippen LogP) is 2.31. The number of rotatable bonds is 2. The zero-order chi connectivity index (χ0) is 12.5. The SMILES string of the molecule is CC(N)c1cnc(N2CCOC3CCCCC32)s1. The molecule has 2 aliphatic rings. The molecular formula is C13H21N3OS. The first kappa shape index (κ1) is 12.4. The maximum Gasteiger partial charge on any atom is 0.185 e. The van der Waals surface area contributed by atoms with Gasteiger partial charge in [-0.2, -0.15) is 0 Å². The molecule has 2 fully saturated rings. The van der Waals surface area contributed by atoms with Crippen molar-refractivity contribution >= 4 is 16.5 Å². The van der Waals surface area contributed by atoms with Crippen LogP contribution in [0.3, 0.4) is 0 Å². The lowest BCUT2D eigenvalue weighted by Crippen LogP contribution is -2.52. The molecule has 3 atom stereocenters. The van der Waals surface area contributed by atoms with Gasteiger partial charge in [0.2, 0.25) is 0 Å². The van der Waals surface area contributed by atoms with Gasteiger partial charge in [0.15, 0.2) is 5.13 Å². The van der Waals surface area contributed by atoms with Gasteiger partial charge in [0, 0.05) is 23.7 Å². The second-order valence-electron chi connectivity index (χ2n) is 5.29. The fourth-order valence-corrected chi connectivity index (χ4v) is 3.91. The molecule has 0 bridgehead atoms. The highest BCUT2D eigenvalue weighted by molar-refractivity contribution is 7.15. The van der Waals surface area contributed by atoms with Gasteiger partial charge in [0.1, 0.15) is 0 Å². The summed E-state index contributed by atoms with van der Waals surface area (Å²) < 4.78 is 5.90. The number of nitrogens with two attached hydrogens (primary N) is 1. The molecule has 18 heavy (non-hydrogen) atoms. The van der Waals surface area contributed by atoms with Gasteiger partial charge in [-0.3, -0.25) is 0 Å². The Balaban J connectivity index is 1.80. The molecule has 3 unspecified atom stereocenters. The molecule has 0 spiro atoms. The van der Waals surface area contributed by atoms with E-state index < -0.39 is 0 Å². The van der Waals surface area contributed by atoms with E-state index in [-0.39, 0.29) is 6.04 Å². The Hall–Kier alpha value is -0.650. The van der Waals surface area contributed by atoms with Crippen molar-refractivity contribution in [3.63, 3.8) is 0 Å². The van der Waals surface area contributed by atoms with Gasteiger partial charge in [-0.15, -0.1) is 11.3 Å². The van der Waals surface area contributed by atoms with E-state index in [0.717, 1.165) is 18.3 Å². The summed E-state index contributed by atoms with van der Waals surface area (Å²) in [6.45, 7) is 3.81. The Kier molecular flexibility index (Phi) is 3.54. The Morgan fingerprint density at radius 2 is 2.33 bits per heavy atom. The first-order valence-electron chi connectivity index (χ1n) is 6.85. The third kappa shape index (κ3) is 2.27. The van der Waals surface area contributed by atoms with E-state index in [1.807, 2.05) is 13.1 Å². The van der Waals surface area contributed by atoms with Gasteiger partial charge < -0.3 is 15.4 Å². The van der Waals surface area contributed by atoms with Crippen LogP contribution in [-0.4, -0.2) is 30.3 Å². The number of nitrogens with zero attached hydrogens (tertiary/aromatic N) is 2. The van der Waals surface area contributed by atoms with Crippen molar-refractivity contribution < 1.29 is 4.74 Å². The fraction of sp³-hybridized carbons (Fsp3) is 0.769. The van der Waals surface area contributed by atoms with Gasteiger partial charge in [-0.25, -0.2) is 4.98 Å². The monoisotopic (exact) mass is 267 g/mol. The van der Waals surface area contributed by atoms with Crippen LogP contribution in [-0.2, 0) is 4.74 Å². The molecule has 0 amide bonds. The van der Waals surface area contributed by atoms with Crippen LogP contribution in [0.4, 0.5) is 5.13 Å². The minimum Gasteiger partial charge on any atom is -0.374 e. The summed E-state index contributed by atoms with van der Waals surface area (Å²) in [4.78, 5) is 8.18. The summed E-state index contributed by atoms with van der Waals surface area (Å²) in [5.41, 5.74) is 5.92. The quantitative estimate of drug-likeness (QED) is 0.893. The molecule has 1 aliphatic heterocycles. The fourth-order valence-electron chi connectivity index (χ4n) is 2.95. The van der Waals surface area contributed by atoms with Crippen molar-refractivity contribution in [3.05, 3.63) is 11.1 Å². The van der Waals surface area contributed by atoms with Gasteiger partial charge in [-0.05, 0) is 19.8 Å². The number of aromatic nitrogens is 1. The first-order chi connectivity index (χ1) is 8.75. The van der Waals surface area contributed by atoms with Crippen molar-refractivity contribution in [3.8, 4) is 0 Å². The average Bonchev–Trinajstić information content (AvgIpc) is 2.87. The van der Waals surface area contributed by atoms with Crippen molar-refractivity contribution in [1.29, 1.82) is 0 Å². The van der Waals surface area contributed by atoms with Crippen molar-refractivity contribution in [2.75, 3.05) is 18.1 Å². The van der Waals surface area contributed by atoms with Crippen molar-refractivity contribution in [2.24, 2.45) is 5.73 Å². The Bertz CT molecular complexity index is 405. The topological polar surface area (TPSA) is 51.4 Å². The highest BCUT2D eigenvalue weighted by Crippen LogP contribution is 2.34. The van der Waals surface area contributed by atoms with Crippen LogP contribution in [0, 0.1) is 0 Å². The molecule has 1 aromatic rings. The lowest BCUT2D eigenvalue weighted by atomic mass is 9.90. The number of hydrogen-bond acceptors (Lipinski definition) is 5. The van der Waals surface area contributed by atoms with Gasteiger partial charge >= 0.3 is 0 Å². The third-order valence-corrected chi connectivity index (χ3v) is 5.17. The third-order valence-electron chi connectivity index (χ3n) is 3.94. The summed E-state index contributed by atoms with van der Waals surface area (Å²) in [5.74, 6) is 0. The van der Waals surface area contributed by atoms with Gasteiger partial charge in [-0.1, -0.05) is 12.8 Å². The van der Waals surface area contributed by atoms with Crippen LogP contribution in [0.1, 0.15) is 43.5 Å². The summed E-state index contributed by atoms with van der Waals surface area (Å²) in [7, 11) is 0. The average molecular weight is 267 g/mol. The zero-order valence-corrected chi connectivity index (χ0v) is 11.7. The molecule has 3 rings (SSSR count). The molecule has 0 radical (unpaired) electrons. The molecular weight excluding hydrogens is 246 g/mol. The highest BCUT2D eigenvalue weighted by atomic mass is 32.1. The number of thiazole rings is 1. The molecule has 1 aliphatic carbocycles. The van der Waals surface area contributed by atoms with Crippen LogP contribution in [0.5, 0.6) is 0 Å². The molecule has 1 saturated heterocycles. The summed E-state index contributed by atoms with van der Waals surface area (Å²) in [6.07, 6.45) is 7.39. The summed E-state index contributed by atoms with van der Waals surface area (Å²) in [6, 6.07) is 0.610. The van der Waals surface area contributed by atoms with Crippen LogP contribution in [0.2, 0.25) is 0 Å². The van der Waals surface area contributed by atoms with Crippen molar-refractivity contribution in [1.82, 2.24) is 4.98 Å². The molecule has 5 heteroatoms. The summed E-state index contributed by atoms with van der Waals surface area (Å²) >= 11 is 1.74. The van der Waals surface area contributed by atoms with E-state index in [1.165, 1.54) is 30.6 Å². The number of morpholine rings is 1. The van der Waals surface area contributed by atoms with E-state index >= 15 is 0 Å².